The predicted molar refractivity (Wildman–Crippen MR) is 74.3 cm³/mol. The minimum absolute atomic E-state index is 0.213. The third-order valence-corrected chi connectivity index (χ3v) is 3.19. The molecule has 1 aromatic rings. The largest absolute Gasteiger partial charge is 0.497 e. The molecule has 1 unspecified atom stereocenters. The zero-order chi connectivity index (χ0) is 13.7. The molecule has 0 amide bonds. The molecule has 0 saturated carbocycles. The van der Waals surface area contributed by atoms with Gasteiger partial charge in [0.2, 0.25) is 0 Å². The van der Waals surface area contributed by atoms with Crippen molar-refractivity contribution in [3.8, 4) is 0 Å². The Hall–Kier alpha value is -1.97. The second kappa shape index (κ2) is 6.27. The van der Waals surface area contributed by atoms with E-state index in [0.717, 1.165) is 30.6 Å². The number of carbonyl (C=O) groups excluding carboxylic acids is 1. The van der Waals surface area contributed by atoms with Crippen LogP contribution in [0.25, 0.3) is 0 Å². The normalized spacial score (nSPS) is 17.7. The van der Waals surface area contributed by atoms with Crippen molar-refractivity contribution >= 4 is 11.7 Å². The van der Waals surface area contributed by atoms with Crippen molar-refractivity contribution in [1.82, 2.24) is 0 Å². The summed E-state index contributed by atoms with van der Waals surface area (Å²) in [6.07, 6.45) is 6.11. The molecular formula is C15H19NO3. The highest BCUT2D eigenvalue weighted by Crippen LogP contribution is 2.18. The molecule has 0 aromatic heterocycles. The maximum absolute atomic E-state index is 11.4. The lowest BCUT2D eigenvalue weighted by molar-refractivity contribution is 0.0600. The molecule has 0 aliphatic carbocycles. The summed E-state index contributed by atoms with van der Waals surface area (Å²) in [7, 11) is 1.39. The number of esters is 1. The lowest BCUT2D eigenvalue weighted by Crippen LogP contribution is -2.23. The molecule has 1 aliphatic heterocycles. The van der Waals surface area contributed by atoms with Crippen molar-refractivity contribution < 1.29 is 14.3 Å². The zero-order valence-corrected chi connectivity index (χ0v) is 11.3. The molecule has 2 rings (SSSR count). The summed E-state index contributed by atoms with van der Waals surface area (Å²) >= 11 is 0. The van der Waals surface area contributed by atoms with Crippen LogP contribution in [0.3, 0.4) is 0 Å². The number of rotatable bonds is 4. The van der Waals surface area contributed by atoms with Gasteiger partial charge in [0.1, 0.15) is 6.10 Å². The summed E-state index contributed by atoms with van der Waals surface area (Å²) in [5.41, 5.74) is 2.61. The number of hydrogen-bond acceptors (Lipinski definition) is 4. The quantitative estimate of drug-likeness (QED) is 0.847. The average Bonchev–Trinajstić information content (AvgIpc) is 2.46. The molecule has 0 fully saturated rings. The van der Waals surface area contributed by atoms with Crippen LogP contribution in [0, 0.1) is 6.92 Å². The lowest BCUT2D eigenvalue weighted by atomic mass is 10.1. The smallest absolute Gasteiger partial charge is 0.337 e. The standard InChI is InChI=1S/C15H19NO3/c1-11-9-12(15(17)18-2)6-7-14(11)16-10-13-5-3-4-8-19-13/h4,6-9,13,16H,3,5,10H2,1-2H3. The van der Waals surface area contributed by atoms with Gasteiger partial charge in [-0.2, -0.15) is 0 Å². The number of aryl methyl sites for hydroxylation is 1. The van der Waals surface area contributed by atoms with Crippen LogP contribution >= 0.6 is 0 Å². The van der Waals surface area contributed by atoms with Crippen LogP contribution in [0.4, 0.5) is 5.69 Å². The Morgan fingerprint density at radius 3 is 3.00 bits per heavy atom. The number of anilines is 1. The Balaban J connectivity index is 1.97. The van der Waals surface area contributed by atoms with Crippen molar-refractivity contribution in [1.29, 1.82) is 0 Å². The number of hydrogen-bond donors (Lipinski definition) is 1. The van der Waals surface area contributed by atoms with Crippen molar-refractivity contribution in [2.24, 2.45) is 0 Å². The first kappa shape index (κ1) is 13.5. The number of methoxy groups -OCH3 is 1. The number of allylic oxidation sites excluding steroid dienone is 1. The fraction of sp³-hybridized carbons (Fsp3) is 0.400. The van der Waals surface area contributed by atoms with Crippen molar-refractivity contribution in [2.75, 3.05) is 19.0 Å². The van der Waals surface area contributed by atoms with Gasteiger partial charge in [-0.15, -0.1) is 0 Å². The molecule has 1 aromatic carbocycles. The number of benzene rings is 1. The first-order valence-corrected chi connectivity index (χ1v) is 6.44. The summed E-state index contributed by atoms with van der Waals surface area (Å²) in [5, 5.41) is 3.36. The number of carbonyl (C=O) groups is 1. The van der Waals surface area contributed by atoms with Crippen LogP contribution in [-0.2, 0) is 9.47 Å². The van der Waals surface area contributed by atoms with Gasteiger partial charge in [-0.1, -0.05) is 0 Å². The van der Waals surface area contributed by atoms with Gasteiger partial charge in [0, 0.05) is 5.69 Å². The Morgan fingerprint density at radius 2 is 2.37 bits per heavy atom. The maximum Gasteiger partial charge on any atom is 0.337 e. The van der Waals surface area contributed by atoms with E-state index in [1.165, 1.54) is 7.11 Å². The fourth-order valence-electron chi connectivity index (χ4n) is 2.07. The fourth-order valence-corrected chi connectivity index (χ4v) is 2.07. The van der Waals surface area contributed by atoms with E-state index in [4.69, 9.17) is 9.47 Å². The summed E-state index contributed by atoms with van der Waals surface area (Å²) in [6.45, 7) is 2.74. The highest BCUT2D eigenvalue weighted by molar-refractivity contribution is 5.90. The van der Waals surface area contributed by atoms with E-state index in [-0.39, 0.29) is 12.1 Å². The van der Waals surface area contributed by atoms with Gasteiger partial charge in [0.15, 0.2) is 0 Å². The highest BCUT2D eigenvalue weighted by Gasteiger charge is 2.12. The molecule has 1 N–H and O–H groups in total. The number of ether oxygens (including phenoxy) is 2. The summed E-state index contributed by atoms with van der Waals surface area (Å²) in [4.78, 5) is 11.4. The lowest BCUT2D eigenvalue weighted by Gasteiger charge is -2.21. The van der Waals surface area contributed by atoms with Gasteiger partial charge in [-0.3, -0.25) is 0 Å². The van der Waals surface area contributed by atoms with Crippen LogP contribution < -0.4 is 5.32 Å². The van der Waals surface area contributed by atoms with Crippen LogP contribution in [0.1, 0.15) is 28.8 Å². The van der Waals surface area contributed by atoms with Crippen molar-refractivity contribution in [3.63, 3.8) is 0 Å². The second-order valence-electron chi connectivity index (χ2n) is 4.61. The van der Waals surface area contributed by atoms with E-state index < -0.39 is 0 Å². The Labute approximate surface area is 113 Å². The van der Waals surface area contributed by atoms with Gasteiger partial charge in [0.25, 0.3) is 0 Å². The van der Waals surface area contributed by atoms with Gasteiger partial charge in [0.05, 0.1) is 25.5 Å². The summed E-state index contributed by atoms with van der Waals surface area (Å²) in [6, 6.07) is 5.50. The molecule has 0 radical (unpaired) electrons. The second-order valence-corrected chi connectivity index (χ2v) is 4.61. The molecular weight excluding hydrogens is 242 g/mol. The molecule has 4 nitrogen and oxygen atoms in total. The summed E-state index contributed by atoms with van der Waals surface area (Å²) in [5.74, 6) is -0.310. The van der Waals surface area contributed by atoms with Gasteiger partial charge >= 0.3 is 5.97 Å². The molecule has 1 aliphatic rings. The van der Waals surface area contributed by atoms with Gasteiger partial charge in [-0.25, -0.2) is 4.79 Å². The maximum atomic E-state index is 11.4. The molecule has 102 valence electrons. The minimum Gasteiger partial charge on any atom is -0.497 e. The SMILES string of the molecule is COC(=O)c1ccc(NCC2CCC=CO2)c(C)c1. The monoisotopic (exact) mass is 261 g/mol. The van der Waals surface area contributed by atoms with Gasteiger partial charge < -0.3 is 14.8 Å². The highest BCUT2D eigenvalue weighted by atomic mass is 16.5. The molecule has 1 atom stereocenters. The third kappa shape index (κ3) is 3.50. The minimum atomic E-state index is -0.310. The molecule has 0 bridgehead atoms. The molecule has 19 heavy (non-hydrogen) atoms. The van der Waals surface area contributed by atoms with E-state index in [1.807, 2.05) is 25.1 Å². The van der Waals surface area contributed by atoms with Gasteiger partial charge in [-0.05, 0) is 49.6 Å². The Kier molecular flexibility index (Phi) is 4.44. The van der Waals surface area contributed by atoms with Crippen LogP contribution in [0.2, 0.25) is 0 Å². The van der Waals surface area contributed by atoms with Crippen molar-refractivity contribution in [2.45, 2.75) is 25.9 Å². The van der Waals surface area contributed by atoms with Crippen LogP contribution in [0.15, 0.2) is 30.5 Å². The van der Waals surface area contributed by atoms with E-state index in [1.54, 1.807) is 12.3 Å². The Morgan fingerprint density at radius 1 is 1.53 bits per heavy atom. The molecule has 1 heterocycles. The van der Waals surface area contributed by atoms with E-state index in [2.05, 4.69) is 5.32 Å². The first-order valence-electron chi connectivity index (χ1n) is 6.44. The van der Waals surface area contributed by atoms with E-state index in [9.17, 15) is 4.79 Å². The van der Waals surface area contributed by atoms with Crippen LogP contribution in [0.5, 0.6) is 0 Å². The summed E-state index contributed by atoms with van der Waals surface area (Å²) < 4.78 is 10.2. The average molecular weight is 261 g/mol. The molecule has 0 saturated heterocycles. The third-order valence-electron chi connectivity index (χ3n) is 3.19. The molecule has 0 spiro atoms. The van der Waals surface area contributed by atoms with Crippen molar-refractivity contribution in [3.05, 3.63) is 41.7 Å². The zero-order valence-electron chi connectivity index (χ0n) is 11.3. The van der Waals surface area contributed by atoms with Crippen LogP contribution in [-0.4, -0.2) is 25.7 Å². The molecule has 4 heteroatoms. The predicted octanol–water partition coefficient (Wildman–Crippen LogP) is 2.89. The topological polar surface area (TPSA) is 47.6 Å². The van der Waals surface area contributed by atoms with E-state index >= 15 is 0 Å². The Bertz CT molecular complexity index is 482. The number of nitrogens with one attached hydrogen (secondary N) is 1. The van der Waals surface area contributed by atoms with E-state index in [0.29, 0.717) is 5.56 Å². The first-order chi connectivity index (χ1) is 9.20.